The molecule has 0 heterocycles. The van der Waals surface area contributed by atoms with E-state index in [1.54, 1.807) is 12.1 Å². The van der Waals surface area contributed by atoms with E-state index in [4.69, 9.17) is 55.5 Å². The molecule has 0 bridgehead atoms. The van der Waals surface area contributed by atoms with E-state index in [2.05, 4.69) is 0 Å². The topological polar surface area (TPSA) is 35.5 Å². The van der Waals surface area contributed by atoms with Crippen LogP contribution in [-0.4, -0.2) is 0 Å². The van der Waals surface area contributed by atoms with E-state index < -0.39 is 8.25 Å². The molecule has 8 heteroatoms. The second-order valence-corrected chi connectivity index (χ2v) is 6.06. The van der Waals surface area contributed by atoms with E-state index in [-0.39, 0.29) is 21.5 Å². The van der Waals surface area contributed by atoms with Crippen molar-refractivity contribution in [2.45, 2.75) is 0 Å². The van der Waals surface area contributed by atoms with E-state index in [0.717, 1.165) is 0 Å². The highest BCUT2D eigenvalue weighted by atomic mass is 35.5. The van der Waals surface area contributed by atoms with Gasteiger partial charge in [0.05, 0.1) is 10.0 Å². The maximum Gasteiger partial charge on any atom is 0.805 e. The number of hydrogen-bond donors (Lipinski definition) is 0. The Morgan fingerprint density at radius 2 is 1.15 bits per heavy atom. The van der Waals surface area contributed by atoms with Crippen molar-refractivity contribution in [3.63, 3.8) is 0 Å². The molecule has 0 spiro atoms. The van der Waals surface area contributed by atoms with Crippen molar-refractivity contribution in [3.8, 4) is 11.5 Å². The van der Waals surface area contributed by atoms with Gasteiger partial charge in [-0.15, -0.1) is 0 Å². The van der Waals surface area contributed by atoms with Gasteiger partial charge in [-0.3, -0.25) is 0 Å². The summed E-state index contributed by atoms with van der Waals surface area (Å²) in [4.78, 5) is 0. The van der Waals surface area contributed by atoms with Crippen molar-refractivity contribution in [1.29, 1.82) is 0 Å². The molecule has 0 aliphatic heterocycles. The number of halogens is 4. The number of rotatable bonds is 4. The number of benzene rings is 2. The summed E-state index contributed by atoms with van der Waals surface area (Å²) in [5, 5.41) is 1.34. The predicted molar refractivity (Wildman–Crippen MR) is 81.8 cm³/mol. The van der Waals surface area contributed by atoms with Crippen molar-refractivity contribution >= 4 is 54.7 Å². The third-order valence-corrected chi connectivity index (χ3v) is 3.89. The number of hydrogen-bond acceptors (Lipinski definition) is 3. The van der Waals surface area contributed by atoms with Crippen molar-refractivity contribution < 1.29 is 13.6 Å². The lowest BCUT2D eigenvalue weighted by Crippen LogP contribution is -1.90. The van der Waals surface area contributed by atoms with Gasteiger partial charge in [-0.25, -0.2) is 9.05 Å². The first-order chi connectivity index (χ1) is 9.45. The SMILES string of the molecule is O=[P+](Oc1ccc(Cl)cc1Cl)Oc1ccc(Cl)cc1Cl. The molecular formula is C12H6Cl4O3P+. The highest BCUT2D eigenvalue weighted by Crippen LogP contribution is 2.38. The Labute approximate surface area is 136 Å². The van der Waals surface area contributed by atoms with Gasteiger partial charge >= 0.3 is 8.25 Å². The Morgan fingerprint density at radius 1 is 0.750 bits per heavy atom. The van der Waals surface area contributed by atoms with Gasteiger partial charge in [-0.1, -0.05) is 46.4 Å². The van der Waals surface area contributed by atoms with Crippen LogP contribution in [0.25, 0.3) is 0 Å². The molecule has 20 heavy (non-hydrogen) atoms. The molecule has 2 rings (SSSR count). The monoisotopic (exact) mass is 369 g/mol. The highest BCUT2D eigenvalue weighted by molar-refractivity contribution is 7.34. The molecule has 0 N–H and O–H groups in total. The maximum atomic E-state index is 11.8. The van der Waals surface area contributed by atoms with E-state index in [1.807, 2.05) is 0 Å². The average molecular weight is 371 g/mol. The molecule has 3 nitrogen and oxygen atoms in total. The second-order valence-electron chi connectivity index (χ2n) is 3.56. The predicted octanol–water partition coefficient (Wildman–Crippen LogP) is 6.42. The fourth-order valence-corrected chi connectivity index (χ4v) is 2.96. The molecule has 2 aromatic carbocycles. The van der Waals surface area contributed by atoms with Crippen LogP contribution in [-0.2, 0) is 4.57 Å². The van der Waals surface area contributed by atoms with E-state index in [1.165, 1.54) is 24.3 Å². The third kappa shape index (κ3) is 4.15. The summed E-state index contributed by atoms with van der Waals surface area (Å²) in [7, 11) is -2.49. The summed E-state index contributed by atoms with van der Waals surface area (Å²) in [6.45, 7) is 0. The smallest absolute Gasteiger partial charge is 0.221 e. The van der Waals surface area contributed by atoms with Crippen LogP contribution in [0.2, 0.25) is 20.1 Å². The highest BCUT2D eigenvalue weighted by Gasteiger charge is 2.27. The fraction of sp³-hybridized carbons (Fsp3) is 0. The van der Waals surface area contributed by atoms with Crippen LogP contribution in [0.3, 0.4) is 0 Å². The minimum absolute atomic E-state index is 0.197. The van der Waals surface area contributed by atoms with Gasteiger partial charge in [0.15, 0.2) is 0 Å². The molecule has 0 atom stereocenters. The van der Waals surface area contributed by atoms with E-state index >= 15 is 0 Å². The van der Waals surface area contributed by atoms with Crippen molar-refractivity contribution in [2.24, 2.45) is 0 Å². The van der Waals surface area contributed by atoms with Crippen LogP contribution in [0, 0.1) is 0 Å². The zero-order chi connectivity index (χ0) is 14.7. The first-order valence-corrected chi connectivity index (χ1v) is 7.80. The van der Waals surface area contributed by atoms with Gasteiger partial charge < -0.3 is 0 Å². The van der Waals surface area contributed by atoms with Gasteiger partial charge in [0.1, 0.15) is 0 Å². The van der Waals surface area contributed by atoms with Crippen LogP contribution in [0.4, 0.5) is 0 Å². The Bertz CT molecular complexity index is 608. The first-order valence-electron chi connectivity index (χ1n) is 5.19. The third-order valence-electron chi connectivity index (χ3n) is 2.13. The average Bonchev–Trinajstić information content (AvgIpc) is 2.36. The Balaban J connectivity index is 2.09. The normalized spacial score (nSPS) is 10.2. The fourth-order valence-electron chi connectivity index (χ4n) is 1.28. The minimum Gasteiger partial charge on any atom is -0.221 e. The zero-order valence-electron chi connectivity index (χ0n) is 9.65. The van der Waals surface area contributed by atoms with E-state index in [9.17, 15) is 4.57 Å². The standard InChI is InChI=1S/C12H6Cl4O3P/c13-7-1-3-11(9(15)5-7)18-20(17)19-12-4-2-8(14)6-10(12)16/h1-6H/q+1. The molecule has 0 radical (unpaired) electrons. The minimum atomic E-state index is -2.49. The summed E-state index contributed by atoms with van der Waals surface area (Å²) >= 11 is 23.3. The van der Waals surface area contributed by atoms with Crippen molar-refractivity contribution in [3.05, 3.63) is 56.5 Å². The van der Waals surface area contributed by atoms with Gasteiger partial charge in [0.25, 0.3) is 0 Å². The zero-order valence-corrected chi connectivity index (χ0v) is 13.6. The molecule has 2 aromatic rings. The molecule has 104 valence electrons. The largest absolute Gasteiger partial charge is 0.805 e. The molecule has 0 aromatic heterocycles. The lowest BCUT2D eigenvalue weighted by atomic mass is 10.3. The molecule has 0 amide bonds. The van der Waals surface area contributed by atoms with Crippen LogP contribution in [0.5, 0.6) is 11.5 Å². The van der Waals surface area contributed by atoms with Gasteiger partial charge in [0, 0.05) is 14.6 Å². The van der Waals surface area contributed by atoms with Crippen LogP contribution in [0.15, 0.2) is 36.4 Å². The Morgan fingerprint density at radius 3 is 1.50 bits per heavy atom. The molecule has 0 unspecified atom stereocenters. The summed E-state index contributed by atoms with van der Waals surface area (Å²) in [5.74, 6) is 0.393. The van der Waals surface area contributed by atoms with Crippen molar-refractivity contribution in [2.75, 3.05) is 0 Å². The van der Waals surface area contributed by atoms with Gasteiger partial charge in [0.2, 0.25) is 11.5 Å². The Kier molecular flexibility index (Phi) is 5.36. The lowest BCUT2D eigenvalue weighted by molar-refractivity contribution is 0.416. The van der Waals surface area contributed by atoms with E-state index in [0.29, 0.717) is 10.0 Å². The van der Waals surface area contributed by atoms with Gasteiger partial charge in [-0.05, 0) is 36.4 Å². The quantitative estimate of drug-likeness (QED) is 0.583. The summed E-state index contributed by atoms with van der Waals surface area (Å²) in [6.07, 6.45) is 0. The summed E-state index contributed by atoms with van der Waals surface area (Å²) < 4.78 is 22.0. The summed E-state index contributed by atoms with van der Waals surface area (Å²) in [5.41, 5.74) is 0. The molecule has 0 fully saturated rings. The van der Waals surface area contributed by atoms with Crippen molar-refractivity contribution in [1.82, 2.24) is 0 Å². The summed E-state index contributed by atoms with van der Waals surface area (Å²) in [6, 6.07) is 9.03. The Hall–Kier alpha value is -0.700. The van der Waals surface area contributed by atoms with Gasteiger partial charge in [-0.2, -0.15) is 0 Å². The lowest BCUT2D eigenvalue weighted by Gasteiger charge is -1.99. The maximum absolute atomic E-state index is 11.8. The molecule has 0 saturated heterocycles. The van der Waals surface area contributed by atoms with Crippen LogP contribution in [0.1, 0.15) is 0 Å². The molecular weight excluding hydrogens is 365 g/mol. The molecule has 0 saturated carbocycles. The molecule has 0 aliphatic rings. The molecule has 0 aliphatic carbocycles. The first kappa shape index (κ1) is 15.7. The second kappa shape index (κ2) is 6.84. The van der Waals surface area contributed by atoms with Crippen LogP contribution < -0.4 is 9.05 Å². The van der Waals surface area contributed by atoms with Crippen LogP contribution >= 0.6 is 54.7 Å².